The molecule has 0 bridgehead atoms. The molecule has 1 atom stereocenters. The molecule has 0 radical (unpaired) electrons. The number of nitrogens with zero attached hydrogens (tertiary/aromatic N) is 1. The largest absolute Gasteiger partial charge is 0.481 e. The summed E-state index contributed by atoms with van der Waals surface area (Å²) >= 11 is 0. The van der Waals surface area contributed by atoms with E-state index in [0.717, 1.165) is 25.7 Å². The average Bonchev–Trinajstić information content (AvgIpc) is 2.30. The monoisotopic (exact) mass is 242 g/mol. The van der Waals surface area contributed by atoms with E-state index in [0.29, 0.717) is 6.54 Å². The number of likely N-dealkylation sites (N-methyl/N-ethyl adjacent to an activating group) is 1. The van der Waals surface area contributed by atoms with Crippen LogP contribution in [0.5, 0.6) is 0 Å². The van der Waals surface area contributed by atoms with E-state index in [2.05, 4.69) is 0 Å². The van der Waals surface area contributed by atoms with E-state index in [9.17, 15) is 9.59 Å². The number of carboxylic acids is 1. The molecule has 98 valence electrons. The van der Waals surface area contributed by atoms with Crippen molar-refractivity contribution in [3.05, 3.63) is 0 Å². The Labute approximate surface area is 102 Å². The van der Waals surface area contributed by atoms with Gasteiger partial charge in [-0.15, -0.1) is 0 Å². The van der Waals surface area contributed by atoms with Crippen LogP contribution in [0.15, 0.2) is 0 Å². The number of hydrogen-bond acceptors (Lipinski definition) is 3. The Morgan fingerprint density at radius 3 is 2.41 bits per heavy atom. The van der Waals surface area contributed by atoms with Crippen LogP contribution in [0.3, 0.4) is 0 Å². The van der Waals surface area contributed by atoms with Crippen LogP contribution >= 0.6 is 0 Å². The highest BCUT2D eigenvalue weighted by Gasteiger charge is 2.28. The van der Waals surface area contributed by atoms with Crippen molar-refractivity contribution in [2.24, 2.45) is 5.73 Å². The topological polar surface area (TPSA) is 83.6 Å². The van der Waals surface area contributed by atoms with Gasteiger partial charge in [0.2, 0.25) is 5.91 Å². The maximum absolute atomic E-state index is 12.0. The molecule has 0 spiro atoms. The summed E-state index contributed by atoms with van der Waals surface area (Å²) in [5.74, 6) is -1.24. The summed E-state index contributed by atoms with van der Waals surface area (Å²) in [7, 11) is 0. The minimum Gasteiger partial charge on any atom is -0.481 e. The molecule has 5 nitrogen and oxygen atoms in total. The van der Waals surface area contributed by atoms with E-state index in [1.165, 1.54) is 6.42 Å². The quantitative estimate of drug-likeness (QED) is 0.752. The van der Waals surface area contributed by atoms with Crippen LogP contribution < -0.4 is 5.73 Å². The fourth-order valence-electron chi connectivity index (χ4n) is 2.48. The second-order valence-electron chi connectivity index (χ2n) is 4.62. The SMILES string of the molecule is CCN(C(=O)C(N)CC(=O)O)C1CCCCC1. The highest BCUT2D eigenvalue weighted by Crippen LogP contribution is 2.23. The Kier molecular flexibility index (Phi) is 5.41. The highest BCUT2D eigenvalue weighted by atomic mass is 16.4. The van der Waals surface area contributed by atoms with Crippen molar-refractivity contribution in [1.82, 2.24) is 4.90 Å². The molecule has 0 saturated heterocycles. The normalized spacial score (nSPS) is 18.7. The maximum atomic E-state index is 12.0. The lowest BCUT2D eigenvalue weighted by Gasteiger charge is -2.35. The van der Waals surface area contributed by atoms with Crippen LogP contribution in [0.1, 0.15) is 45.4 Å². The van der Waals surface area contributed by atoms with Gasteiger partial charge in [-0.1, -0.05) is 19.3 Å². The zero-order valence-electron chi connectivity index (χ0n) is 10.4. The number of hydrogen-bond donors (Lipinski definition) is 2. The van der Waals surface area contributed by atoms with Gasteiger partial charge < -0.3 is 15.7 Å². The van der Waals surface area contributed by atoms with E-state index in [1.807, 2.05) is 6.92 Å². The lowest BCUT2D eigenvalue weighted by molar-refractivity contribution is -0.143. The molecule has 0 aromatic carbocycles. The molecule has 0 heterocycles. The summed E-state index contributed by atoms with van der Waals surface area (Å²) in [6.07, 6.45) is 5.25. The maximum Gasteiger partial charge on any atom is 0.305 e. The number of amides is 1. The Morgan fingerprint density at radius 2 is 1.94 bits per heavy atom. The number of aliphatic carboxylic acids is 1. The summed E-state index contributed by atoms with van der Waals surface area (Å²) < 4.78 is 0. The molecule has 17 heavy (non-hydrogen) atoms. The van der Waals surface area contributed by atoms with Gasteiger partial charge in [-0.25, -0.2) is 0 Å². The molecular formula is C12H22N2O3. The van der Waals surface area contributed by atoms with Gasteiger partial charge in [-0.2, -0.15) is 0 Å². The first kappa shape index (κ1) is 14.0. The minimum absolute atomic E-state index is 0.221. The lowest BCUT2D eigenvalue weighted by atomic mass is 9.93. The van der Waals surface area contributed by atoms with Crippen LogP contribution in [0.4, 0.5) is 0 Å². The Bertz CT molecular complexity index is 275. The summed E-state index contributed by atoms with van der Waals surface area (Å²) in [5, 5.41) is 8.65. The third-order valence-electron chi connectivity index (χ3n) is 3.35. The summed E-state index contributed by atoms with van der Waals surface area (Å²) in [6.45, 7) is 2.52. The number of carboxylic acid groups (broad SMARTS) is 1. The molecule has 3 N–H and O–H groups in total. The van der Waals surface area contributed by atoms with Crippen molar-refractivity contribution in [3.63, 3.8) is 0 Å². The smallest absolute Gasteiger partial charge is 0.305 e. The van der Waals surface area contributed by atoms with Gasteiger partial charge in [0.1, 0.15) is 0 Å². The third kappa shape index (κ3) is 4.00. The highest BCUT2D eigenvalue weighted by molar-refractivity contribution is 5.86. The van der Waals surface area contributed by atoms with Crippen LogP contribution in [0.25, 0.3) is 0 Å². The van der Waals surface area contributed by atoms with E-state index >= 15 is 0 Å². The molecule has 1 aliphatic rings. The zero-order valence-corrected chi connectivity index (χ0v) is 10.4. The fraction of sp³-hybridized carbons (Fsp3) is 0.833. The van der Waals surface area contributed by atoms with Crippen LogP contribution in [0.2, 0.25) is 0 Å². The predicted molar refractivity (Wildman–Crippen MR) is 64.5 cm³/mol. The Hall–Kier alpha value is -1.10. The molecule has 1 fully saturated rings. The van der Waals surface area contributed by atoms with Gasteiger partial charge in [-0.05, 0) is 19.8 Å². The molecule has 1 rings (SSSR count). The Morgan fingerprint density at radius 1 is 1.35 bits per heavy atom. The molecule has 1 aliphatic carbocycles. The van der Waals surface area contributed by atoms with Crippen molar-refractivity contribution in [3.8, 4) is 0 Å². The van der Waals surface area contributed by atoms with Gasteiger partial charge >= 0.3 is 5.97 Å². The predicted octanol–water partition coefficient (Wildman–Crippen LogP) is 0.970. The van der Waals surface area contributed by atoms with E-state index < -0.39 is 12.0 Å². The number of carbonyl (C=O) groups is 2. The number of carbonyl (C=O) groups excluding carboxylic acids is 1. The molecule has 0 aromatic rings. The first-order chi connectivity index (χ1) is 8.06. The summed E-state index contributed by atoms with van der Waals surface area (Å²) in [6, 6.07) is -0.657. The fourth-order valence-corrected chi connectivity index (χ4v) is 2.48. The van der Waals surface area contributed by atoms with Crippen molar-refractivity contribution in [2.45, 2.75) is 57.5 Å². The van der Waals surface area contributed by atoms with Crippen LogP contribution in [0, 0.1) is 0 Å². The van der Waals surface area contributed by atoms with Crippen LogP contribution in [-0.4, -0.2) is 40.5 Å². The number of nitrogens with two attached hydrogens (primary N) is 1. The molecule has 1 amide bonds. The van der Waals surface area contributed by atoms with E-state index in [-0.39, 0.29) is 18.4 Å². The molecule has 0 aromatic heterocycles. The first-order valence-corrected chi connectivity index (χ1v) is 6.34. The van der Waals surface area contributed by atoms with Gasteiger partial charge in [0.25, 0.3) is 0 Å². The van der Waals surface area contributed by atoms with Crippen molar-refractivity contribution in [1.29, 1.82) is 0 Å². The van der Waals surface area contributed by atoms with Gasteiger partial charge in [0.15, 0.2) is 0 Å². The molecule has 0 aliphatic heterocycles. The average molecular weight is 242 g/mol. The Balaban J connectivity index is 2.58. The van der Waals surface area contributed by atoms with E-state index in [4.69, 9.17) is 10.8 Å². The summed E-state index contributed by atoms with van der Waals surface area (Å²) in [5.41, 5.74) is 5.63. The van der Waals surface area contributed by atoms with Crippen LogP contribution in [-0.2, 0) is 9.59 Å². The van der Waals surface area contributed by atoms with Crippen molar-refractivity contribution in [2.75, 3.05) is 6.54 Å². The zero-order chi connectivity index (χ0) is 12.8. The standard InChI is InChI=1S/C12H22N2O3/c1-2-14(9-6-4-3-5-7-9)12(17)10(13)8-11(15)16/h9-10H,2-8,13H2,1H3,(H,15,16). The lowest BCUT2D eigenvalue weighted by Crippen LogP contribution is -2.49. The molecule has 5 heteroatoms. The third-order valence-corrected chi connectivity index (χ3v) is 3.35. The molecule has 1 saturated carbocycles. The minimum atomic E-state index is -1.02. The second-order valence-corrected chi connectivity index (χ2v) is 4.62. The van der Waals surface area contributed by atoms with E-state index in [1.54, 1.807) is 4.90 Å². The molecular weight excluding hydrogens is 220 g/mol. The van der Waals surface area contributed by atoms with Gasteiger partial charge in [0, 0.05) is 12.6 Å². The number of rotatable bonds is 5. The first-order valence-electron chi connectivity index (χ1n) is 6.34. The van der Waals surface area contributed by atoms with Gasteiger partial charge in [0.05, 0.1) is 12.5 Å². The molecule has 1 unspecified atom stereocenters. The van der Waals surface area contributed by atoms with Crippen molar-refractivity contribution >= 4 is 11.9 Å². The van der Waals surface area contributed by atoms with Gasteiger partial charge in [-0.3, -0.25) is 9.59 Å². The summed E-state index contributed by atoms with van der Waals surface area (Å²) in [4.78, 5) is 24.4. The van der Waals surface area contributed by atoms with Crippen molar-refractivity contribution < 1.29 is 14.7 Å². The second kappa shape index (κ2) is 6.59.